The van der Waals surface area contributed by atoms with Crippen molar-refractivity contribution in [1.29, 1.82) is 0 Å². The molecule has 4 nitrogen and oxygen atoms in total. The summed E-state index contributed by atoms with van der Waals surface area (Å²) in [5.74, 6) is 0. The number of halogens is 1. The molecular weight excluding hydrogens is 238 g/mol. The van der Waals surface area contributed by atoms with E-state index in [4.69, 9.17) is 11.6 Å². The standard InChI is InChI=1S/C12H14ClN3O/c1-12(2,3)9-8-7(5-17)10(13)16(4)11(8)15-6-14-9/h5-6H,1-4H3. The molecule has 2 rings (SSSR count). The van der Waals surface area contributed by atoms with Gasteiger partial charge in [0.2, 0.25) is 0 Å². The number of hydrogen-bond acceptors (Lipinski definition) is 3. The van der Waals surface area contributed by atoms with Crippen LogP contribution < -0.4 is 0 Å². The maximum Gasteiger partial charge on any atom is 0.153 e. The Morgan fingerprint density at radius 3 is 2.53 bits per heavy atom. The van der Waals surface area contributed by atoms with Gasteiger partial charge in [0, 0.05) is 12.5 Å². The largest absolute Gasteiger partial charge is 0.319 e. The van der Waals surface area contributed by atoms with Crippen molar-refractivity contribution in [2.75, 3.05) is 0 Å². The van der Waals surface area contributed by atoms with E-state index in [0.29, 0.717) is 16.4 Å². The highest BCUT2D eigenvalue weighted by atomic mass is 35.5. The summed E-state index contributed by atoms with van der Waals surface area (Å²) >= 11 is 6.12. The van der Waals surface area contributed by atoms with Crippen LogP contribution in [0.1, 0.15) is 36.8 Å². The number of aromatic nitrogens is 3. The summed E-state index contributed by atoms with van der Waals surface area (Å²) in [7, 11) is 1.79. The van der Waals surface area contributed by atoms with Crippen molar-refractivity contribution in [3.05, 3.63) is 22.7 Å². The maximum atomic E-state index is 11.2. The molecule has 0 N–H and O–H groups in total. The third-order valence-corrected chi connectivity index (χ3v) is 3.22. The van der Waals surface area contributed by atoms with Gasteiger partial charge in [-0.15, -0.1) is 0 Å². The Morgan fingerprint density at radius 1 is 1.35 bits per heavy atom. The highest BCUT2D eigenvalue weighted by Gasteiger charge is 2.25. The zero-order valence-electron chi connectivity index (χ0n) is 10.3. The molecule has 0 aromatic carbocycles. The van der Waals surface area contributed by atoms with Crippen molar-refractivity contribution in [2.45, 2.75) is 26.2 Å². The molecule has 0 atom stereocenters. The molecule has 0 aliphatic rings. The summed E-state index contributed by atoms with van der Waals surface area (Å²) in [5.41, 5.74) is 1.84. The van der Waals surface area contributed by atoms with Gasteiger partial charge < -0.3 is 4.57 Å². The number of carbonyl (C=O) groups excluding carboxylic acids is 1. The molecule has 2 aromatic heterocycles. The van der Waals surface area contributed by atoms with Crippen LogP contribution in [0.5, 0.6) is 0 Å². The molecule has 2 aromatic rings. The Bertz CT molecular complexity index is 596. The molecule has 17 heavy (non-hydrogen) atoms. The van der Waals surface area contributed by atoms with Crippen molar-refractivity contribution in [3.8, 4) is 0 Å². The van der Waals surface area contributed by atoms with E-state index in [0.717, 1.165) is 17.4 Å². The molecule has 0 saturated heterocycles. The van der Waals surface area contributed by atoms with Crippen LogP contribution in [0.15, 0.2) is 6.33 Å². The normalized spacial score (nSPS) is 12.1. The molecule has 0 bridgehead atoms. The zero-order chi connectivity index (χ0) is 12.8. The van der Waals surface area contributed by atoms with Crippen molar-refractivity contribution < 1.29 is 4.79 Å². The fourth-order valence-corrected chi connectivity index (χ4v) is 2.15. The van der Waals surface area contributed by atoms with E-state index in [1.54, 1.807) is 11.6 Å². The first-order chi connectivity index (χ1) is 7.88. The number of nitrogens with zero attached hydrogens (tertiary/aromatic N) is 3. The summed E-state index contributed by atoms with van der Waals surface area (Å²) < 4.78 is 1.71. The second-order valence-corrected chi connectivity index (χ2v) is 5.41. The molecule has 90 valence electrons. The van der Waals surface area contributed by atoms with E-state index in [2.05, 4.69) is 9.97 Å². The van der Waals surface area contributed by atoms with Gasteiger partial charge in [-0.1, -0.05) is 32.4 Å². The smallest absolute Gasteiger partial charge is 0.153 e. The lowest BCUT2D eigenvalue weighted by Gasteiger charge is -2.18. The van der Waals surface area contributed by atoms with Gasteiger partial charge in [0.15, 0.2) is 6.29 Å². The minimum atomic E-state index is -0.163. The van der Waals surface area contributed by atoms with Gasteiger partial charge in [-0.3, -0.25) is 4.79 Å². The average molecular weight is 252 g/mol. The molecular formula is C12H14ClN3O. The SMILES string of the molecule is Cn1c(Cl)c(C=O)c2c(C(C)(C)C)ncnc21. The first-order valence-corrected chi connectivity index (χ1v) is 5.70. The monoisotopic (exact) mass is 251 g/mol. The van der Waals surface area contributed by atoms with Crippen LogP contribution in [0, 0.1) is 0 Å². The molecule has 5 heteroatoms. The Labute approximate surface area is 105 Å². The summed E-state index contributed by atoms with van der Waals surface area (Å²) in [5, 5.41) is 1.16. The van der Waals surface area contributed by atoms with E-state index in [9.17, 15) is 4.79 Å². The van der Waals surface area contributed by atoms with Gasteiger partial charge in [-0.2, -0.15) is 0 Å². The first kappa shape index (κ1) is 12.0. The molecule has 0 aliphatic heterocycles. The van der Waals surface area contributed by atoms with Gasteiger partial charge in [-0.05, 0) is 0 Å². The number of aldehydes is 1. The van der Waals surface area contributed by atoms with Gasteiger partial charge in [0.25, 0.3) is 0 Å². The summed E-state index contributed by atoms with van der Waals surface area (Å²) in [6, 6.07) is 0. The molecule has 0 saturated carbocycles. The molecule has 0 unspecified atom stereocenters. The highest BCUT2D eigenvalue weighted by molar-refractivity contribution is 6.34. The van der Waals surface area contributed by atoms with Crippen LogP contribution in [0.3, 0.4) is 0 Å². The number of fused-ring (bicyclic) bond motifs is 1. The van der Waals surface area contributed by atoms with E-state index < -0.39 is 0 Å². The predicted molar refractivity (Wildman–Crippen MR) is 67.6 cm³/mol. The summed E-state index contributed by atoms with van der Waals surface area (Å²) in [4.78, 5) is 19.7. The number of aryl methyl sites for hydroxylation is 1. The van der Waals surface area contributed by atoms with Crippen LogP contribution in [0.4, 0.5) is 0 Å². The lowest BCUT2D eigenvalue weighted by atomic mass is 9.89. The van der Waals surface area contributed by atoms with Crippen molar-refractivity contribution in [2.24, 2.45) is 7.05 Å². The quantitative estimate of drug-likeness (QED) is 0.732. The van der Waals surface area contributed by atoms with Gasteiger partial charge in [0.05, 0.1) is 16.6 Å². The average Bonchev–Trinajstić information content (AvgIpc) is 2.50. The molecule has 0 aliphatic carbocycles. The molecule has 2 heterocycles. The Morgan fingerprint density at radius 2 is 2.00 bits per heavy atom. The van der Waals surface area contributed by atoms with Crippen LogP contribution in [0.2, 0.25) is 5.15 Å². The fourth-order valence-electron chi connectivity index (χ4n) is 1.93. The minimum absolute atomic E-state index is 0.163. The van der Waals surface area contributed by atoms with Crippen LogP contribution in [-0.2, 0) is 12.5 Å². The molecule has 0 spiro atoms. The van der Waals surface area contributed by atoms with Crippen LogP contribution >= 0.6 is 11.6 Å². The fraction of sp³-hybridized carbons (Fsp3) is 0.417. The Kier molecular flexibility index (Phi) is 2.70. The van der Waals surface area contributed by atoms with Crippen molar-refractivity contribution in [1.82, 2.24) is 14.5 Å². The van der Waals surface area contributed by atoms with Crippen molar-refractivity contribution in [3.63, 3.8) is 0 Å². The van der Waals surface area contributed by atoms with E-state index in [1.807, 2.05) is 20.8 Å². The third-order valence-electron chi connectivity index (χ3n) is 2.76. The topological polar surface area (TPSA) is 47.8 Å². The van der Waals surface area contributed by atoms with Gasteiger partial charge in [-0.25, -0.2) is 9.97 Å². The van der Waals surface area contributed by atoms with Gasteiger partial charge >= 0.3 is 0 Å². The molecule has 0 amide bonds. The number of rotatable bonds is 1. The second-order valence-electron chi connectivity index (χ2n) is 5.05. The minimum Gasteiger partial charge on any atom is -0.319 e. The number of hydrogen-bond donors (Lipinski definition) is 0. The highest BCUT2D eigenvalue weighted by Crippen LogP contribution is 2.33. The molecule has 0 radical (unpaired) electrons. The summed E-state index contributed by atoms with van der Waals surface area (Å²) in [6.45, 7) is 6.14. The Balaban J connectivity index is 2.98. The third kappa shape index (κ3) is 1.72. The van der Waals surface area contributed by atoms with E-state index in [1.165, 1.54) is 6.33 Å². The van der Waals surface area contributed by atoms with Gasteiger partial charge in [0.1, 0.15) is 17.1 Å². The Hall–Kier alpha value is -1.42. The lowest BCUT2D eigenvalue weighted by molar-refractivity contribution is 0.112. The first-order valence-electron chi connectivity index (χ1n) is 5.32. The van der Waals surface area contributed by atoms with E-state index in [-0.39, 0.29) is 5.41 Å². The van der Waals surface area contributed by atoms with Crippen molar-refractivity contribution >= 4 is 28.9 Å². The van der Waals surface area contributed by atoms with E-state index >= 15 is 0 Å². The van der Waals surface area contributed by atoms with Crippen LogP contribution in [0.25, 0.3) is 11.0 Å². The lowest BCUT2D eigenvalue weighted by Crippen LogP contribution is -2.14. The molecule has 0 fully saturated rings. The zero-order valence-corrected chi connectivity index (χ0v) is 11.0. The second kappa shape index (κ2) is 3.81. The maximum absolute atomic E-state index is 11.2. The number of carbonyl (C=O) groups is 1. The summed E-state index contributed by atoms with van der Waals surface area (Å²) in [6.07, 6.45) is 2.27. The predicted octanol–water partition coefficient (Wildman–Crippen LogP) is 2.73. The van der Waals surface area contributed by atoms with Crippen LogP contribution in [-0.4, -0.2) is 20.8 Å².